The fraction of sp³-hybridized carbons (Fsp3) is 0.786. The second-order valence-corrected chi connectivity index (χ2v) is 5.27. The maximum Gasteiger partial charge on any atom is 0.178 e. The average Bonchev–Trinajstić information content (AvgIpc) is 3.05. The van der Waals surface area contributed by atoms with Gasteiger partial charge < -0.3 is 14.0 Å². The second kappa shape index (κ2) is 5.02. The minimum absolute atomic E-state index is 0.220. The number of aromatic nitrogens is 1. The van der Waals surface area contributed by atoms with Gasteiger partial charge in [0.1, 0.15) is 5.76 Å². The van der Waals surface area contributed by atoms with E-state index in [1.807, 2.05) is 6.20 Å². The lowest BCUT2D eigenvalue weighted by molar-refractivity contribution is -0.186. The Bertz CT molecular complexity index is 395. The molecule has 1 aliphatic carbocycles. The van der Waals surface area contributed by atoms with E-state index in [1.54, 1.807) is 0 Å². The van der Waals surface area contributed by atoms with Gasteiger partial charge in [-0.1, -0.05) is 18.5 Å². The SMILES string of the molecule is CCCCC1(C2CCCc3cnoc32)OCCO1. The van der Waals surface area contributed by atoms with Crippen LogP contribution in [0.2, 0.25) is 0 Å². The van der Waals surface area contributed by atoms with Crippen LogP contribution in [0.1, 0.15) is 56.3 Å². The highest BCUT2D eigenvalue weighted by atomic mass is 16.7. The molecule has 2 aliphatic rings. The van der Waals surface area contributed by atoms with Crippen molar-refractivity contribution in [3.05, 3.63) is 17.5 Å². The molecule has 0 spiro atoms. The zero-order valence-corrected chi connectivity index (χ0v) is 11.0. The van der Waals surface area contributed by atoms with E-state index in [9.17, 15) is 0 Å². The van der Waals surface area contributed by atoms with Gasteiger partial charge >= 0.3 is 0 Å². The summed E-state index contributed by atoms with van der Waals surface area (Å²) in [6.07, 6.45) is 8.40. The van der Waals surface area contributed by atoms with Crippen molar-refractivity contribution in [3.63, 3.8) is 0 Å². The number of hydrogen-bond acceptors (Lipinski definition) is 4. The lowest BCUT2D eigenvalue weighted by Gasteiger charge is -2.36. The molecule has 0 amide bonds. The predicted octanol–water partition coefficient (Wildman–Crippen LogP) is 3.03. The van der Waals surface area contributed by atoms with Crippen LogP contribution in [0, 0.1) is 0 Å². The fourth-order valence-electron chi connectivity index (χ4n) is 3.20. The Hall–Kier alpha value is -0.870. The minimum atomic E-state index is -0.454. The smallest absolute Gasteiger partial charge is 0.178 e. The second-order valence-electron chi connectivity index (χ2n) is 5.27. The predicted molar refractivity (Wildman–Crippen MR) is 66.3 cm³/mol. The number of rotatable bonds is 4. The lowest BCUT2D eigenvalue weighted by Crippen LogP contribution is -2.39. The number of aryl methyl sites for hydroxylation is 1. The van der Waals surface area contributed by atoms with Gasteiger partial charge in [-0.05, 0) is 25.7 Å². The Labute approximate surface area is 108 Å². The van der Waals surface area contributed by atoms with Crippen LogP contribution in [0.25, 0.3) is 0 Å². The van der Waals surface area contributed by atoms with Crippen molar-refractivity contribution in [2.24, 2.45) is 0 Å². The van der Waals surface area contributed by atoms with Crippen LogP contribution < -0.4 is 0 Å². The zero-order valence-electron chi connectivity index (χ0n) is 11.0. The van der Waals surface area contributed by atoms with Gasteiger partial charge in [0.15, 0.2) is 5.79 Å². The first-order valence-corrected chi connectivity index (χ1v) is 7.07. The van der Waals surface area contributed by atoms with Crippen LogP contribution in [0.5, 0.6) is 0 Å². The average molecular weight is 251 g/mol. The van der Waals surface area contributed by atoms with Crippen LogP contribution in [0.3, 0.4) is 0 Å². The molecule has 0 radical (unpaired) electrons. The number of ether oxygens (including phenoxy) is 2. The molecule has 1 unspecified atom stereocenters. The number of hydrogen-bond donors (Lipinski definition) is 0. The summed E-state index contributed by atoms with van der Waals surface area (Å²) in [6, 6.07) is 0. The molecule has 1 aromatic rings. The van der Waals surface area contributed by atoms with Crippen LogP contribution in [0.4, 0.5) is 0 Å². The lowest BCUT2D eigenvalue weighted by atomic mass is 9.81. The number of unbranched alkanes of at least 4 members (excludes halogenated alkanes) is 1. The van der Waals surface area contributed by atoms with Crippen molar-refractivity contribution >= 4 is 0 Å². The maximum atomic E-state index is 6.00. The monoisotopic (exact) mass is 251 g/mol. The molecule has 1 fully saturated rings. The van der Waals surface area contributed by atoms with Gasteiger partial charge in [0, 0.05) is 12.0 Å². The summed E-state index contributed by atoms with van der Waals surface area (Å²) in [5.74, 6) is 0.766. The molecule has 4 nitrogen and oxygen atoms in total. The fourth-order valence-corrected chi connectivity index (χ4v) is 3.20. The van der Waals surface area contributed by atoms with Crippen molar-refractivity contribution in [3.8, 4) is 0 Å². The van der Waals surface area contributed by atoms with Crippen LogP contribution in [0.15, 0.2) is 10.7 Å². The number of nitrogens with zero attached hydrogens (tertiary/aromatic N) is 1. The van der Waals surface area contributed by atoms with Crippen LogP contribution in [-0.4, -0.2) is 24.2 Å². The molecular formula is C14H21NO3. The highest BCUT2D eigenvalue weighted by molar-refractivity contribution is 5.23. The van der Waals surface area contributed by atoms with Gasteiger partial charge in [-0.3, -0.25) is 0 Å². The molecule has 1 atom stereocenters. The Morgan fingerprint density at radius 2 is 2.22 bits per heavy atom. The van der Waals surface area contributed by atoms with E-state index >= 15 is 0 Å². The van der Waals surface area contributed by atoms with E-state index in [4.69, 9.17) is 14.0 Å². The molecule has 0 saturated carbocycles. The molecule has 2 heterocycles. The molecule has 100 valence electrons. The molecule has 4 heteroatoms. The summed E-state index contributed by atoms with van der Waals surface area (Å²) in [5.41, 5.74) is 1.24. The summed E-state index contributed by atoms with van der Waals surface area (Å²) in [7, 11) is 0. The largest absolute Gasteiger partial charge is 0.361 e. The standard InChI is InChI=1S/C14H21NO3/c1-2-3-7-14(16-8-9-17-14)12-6-4-5-11-10-15-18-13(11)12/h10,12H,2-9H2,1H3. The molecule has 0 bridgehead atoms. The number of fused-ring (bicyclic) bond motifs is 1. The van der Waals surface area contributed by atoms with Crippen molar-refractivity contribution < 1.29 is 14.0 Å². The molecular weight excluding hydrogens is 230 g/mol. The molecule has 1 aliphatic heterocycles. The zero-order chi connectivity index (χ0) is 12.4. The van der Waals surface area contributed by atoms with Gasteiger partial charge in [0.2, 0.25) is 0 Å². The Balaban J connectivity index is 1.88. The summed E-state index contributed by atoms with van der Waals surface area (Å²) < 4.78 is 17.5. The topological polar surface area (TPSA) is 44.5 Å². The first-order chi connectivity index (χ1) is 8.86. The Morgan fingerprint density at radius 3 is 3.00 bits per heavy atom. The van der Waals surface area contributed by atoms with Gasteiger partial charge in [-0.2, -0.15) is 0 Å². The van der Waals surface area contributed by atoms with Crippen molar-refractivity contribution in [2.45, 2.75) is 57.2 Å². The molecule has 18 heavy (non-hydrogen) atoms. The minimum Gasteiger partial charge on any atom is -0.361 e. The van der Waals surface area contributed by atoms with E-state index in [0.717, 1.165) is 37.9 Å². The first-order valence-electron chi connectivity index (χ1n) is 7.07. The summed E-state index contributed by atoms with van der Waals surface area (Å²) >= 11 is 0. The van der Waals surface area contributed by atoms with Gasteiger partial charge in [0.25, 0.3) is 0 Å². The van der Waals surface area contributed by atoms with Gasteiger partial charge in [-0.25, -0.2) is 0 Å². The molecule has 1 saturated heterocycles. The third kappa shape index (κ3) is 1.97. The van der Waals surface area contributed by atoms with E-state index in [1.165, 1.54) is 12.0 Å². The van der Waals surface area contributed by atoms with Crippen LogP contribution in [-0.2, 0) is 15.9 Å². The van der Waals surface area contributed by atoms with Crippen molar-refractivity contribution in [2.75, 3.05) is 13.2 Å². The summed E-state index contributed by atoms with van der Waals surface area (Å²) in [6.45, 7) is 3.59. The Kier molecular flexibility index (Phi) is 3.39. The van der Waals surface area contributed by atoms with Crippen LogP contribution >= 0.6 is 0 Å². The van der Waals surface area contributed by atoms with E-state index in [2.05, 4.69) is 12.1 Å². The molecule has 0 N–H and O–H groups in total. The molecule has 3 rings (SSSR count). The quantitative estimate of drug-likeness (QED) is 0.825. The van der Waals surface area contributed by atoms with Gasteiger partial charge in [0.05, 0.1) is 25.3 Å². The van der Waals surface area contributed by atoms with E-state index in [-0.39, 0.29) is 5.92 Å². The summed E-state index contributed by atoms with van der Waals surface area (Å²) in [5, 5.41) is 3.95. The third-order valence-electron chi connectivity index (χ3n) is 4.12. The molecule has 1 aromatic heterocycles. The normalized spacial score (nSPS) is 26.2. The van der Waals surface area contributed by atoms with Gasteiger partial charge in [-0.15, -0.1) is 0 Å². The van der Waals surface area contributed by atoms with Crippen molar-refractivity contribution in [1.29, 1.82) is 0 Å². The highest BCUT2D eigenvalue weighted by Gasteiger charge is 2.47. The highest BCUT2D eigenvalue weighted by Crippen LogP contribution is 2.45. The maximum absolute atomic E-state index is 6.00. The summed E-state index contributed by atoms with van der Waals surface area (Å²) in [4.78, 5) is 0. The first kappa shape index (κ1) is 12.2. The van der Waals surface area contributed by atoms with E-state index < -0.39 is 5.79 Å². The Morgan fingerprint density at radius 1 is 1.39 bits per heavy atom. The van der Waals surface area contributed by atoms with E-state index in [0.29, 0.717) is 13.2 Å². The molecule has 0 aromatic carbocycles. The van der Waals surface area contributed by atoms with Crippen molar-refractivity contribution in [1.82, 2.24) is 5.16 Å². The third-order valence-corrected chi connectivity index (χ3v) is 4.12.